The molecule has 0 amide bonds. The van der Waals surface area contributed by atoms with Crippen LogP contribution >= 0.6 is 0 Å². The van der Waals surface area contributed by atoms with Gasteiger partial charge < -0.3 is 18.6 Å². The third-order valence-electron chi connectivity index (χ3n) is 9.32. The molecule has 1 fully saturated rings. The molecular weight excluding hydrogens is 568 g/mol. The quantitative estimate of drug-likeness (QED) is 0.0819. The number of hydrogen-bond acceptors (Lipinski definition) is 6. The molecule has 0 radical (unpaired) electrons. The minimum Gasteiger partial charge on any atom is -0.497 e. The standard InChI is InChI=1S/C37H42O6Si/c1-35(2,3)44(30-13-8-6-9-14-30,31-15-10-7-11-16-31)43-26-24-36-23-22-33(38)37(36,34(39)41-5)32(36)17-12-25-42-27-28-18-20-29(40-4)21-19-28/h6-23,32H,24-27H2,1-5H3/b17-12+/t32-,36+,37-/m0/s1. The smallest absolute Gasteiger partial charge is 0.321 e. The molecule has 0 aromatic heterocycles. The summed E-state index contributed by atoms with van der Waals surface area (Å²) in [7, 11) is 0.208. The average Bonchev–Trinajstić information content (AvgIpc) is 3.50. The maximum atomic E-state index is 13.3. The van der Waals surface area contributed by atoms with Crippen LogP contribution in [0.1, 0.15) is 32.8 Å². The number of esters is 1. The lowest BCUT2D eigenvalue weighted by Gasteiger charge is -2.43. The van der Waals surface area contributed by atoms with Gasteiger partial charge >= 0.3 is 5.97 Å². The molecule has 0 heterocycles. The lowest BCUT2D eigenvalue weighted by Crippen LogP contribution is -2.66. The van der Waals surface area contributed by atoms with Gasteiger partial charge in [-0.05, 0) is 45.6 Å². The topological polar surface area (TPSA) is 71.1 Å². The van der Waals surface area contributed by atoms with Crippen LogP contribution in [0.25, 0.3) is 0 Å². The van der Waals surface area contributed by atoms with Gasteiger partial charge in [-0.15, -0.1) is 0 Å². The number of ether oxygens (including phenoxy) is 3. The number of methoxy groups -OCH3 is 2. The Bertz CT molecular complexity index is 1470. The molecule has 44 heavy (non-hydrogen) atoms. The van der Waals surface area contributed by atoms with E-state index in [1.165, 1.54) is 17.5 Å². The summed E-state index contributed by atoms with van der Waals surface area (Å²) in [4.78, 5) is 26.6. The van der Waals surface area contributed by atoms with Gasteiger partial charge in [0.05, 0.1) is 27.4 Å². The van der Waals surface area contributed by atoms with E-state index in [2.05, 4.69) is 69.3 Å². The maximum absolute atomic E-state index is 13.3. The summed E-state index contributed by atoms with van der Waals surface area (Å²) in [6.45, 7) is 7.91. The van der Waals surface area contributed by atoms with E-state index in [0.29, 0.717) is 26.2 Å². The molecule has 5 rings (SSSR count). The predicted octanol–water partition coefficient (Wildman–Crippen LogP) is 5.65. The van der Waals surface area contributed by atoms with Crippen LogP contribution in [0, 0.1) is 16.7 Å². The van der Waals surface area contributed by atoms with Crippen molar-refractivity contribution in [1.82, 2.24) is 0 Å². The minimum atomic E-state index is -2.78. The van der Waals surface area contributed by atoms with E-state index in [1.807, 2.05) is 54.6 Å². The summed E-state index contributed by atoms with van der Waals surface area (Å²) in [5.74, 6) is -0.230. The van der Waals surface area contributed by atoms with Crippen LogP contribution in [-0.2, 0) is 30.1 Å². The van der Waals surface area contributed by atoms with Gasteiger partial charge in [0.1, 0.15) is 11.2 Å². The highest BCUT2D eigenvalue weighted by molar-refractivity contribution is 6.99. The number of hydrogen-bond donors (Lipinski definition) is 0. The maximum Gasteiger partial charge on any atom is 0.321 e. The monoisotopic (exact) mass is 610 g/mol. The van der Waals surface area contributed by atoms with Crippen molar-refractivity contribution in [3.8, 4) is 5.75 Å². The lowest BCUT2D eigenvalue weighted by atomic mass is 9.92. The van der Waals surface area contributed by atoms with Crippen LogP contribution in [0.4, 0.5) is 0 Å². The summed E-state index contributed by atoms with van der Waals surface area (Å²) in [5, 5.41) is 2.20. The van der Waals surface area contributed by atoms with Gasteiger partial charge in [-0.3, -0.25) is 9.59 Å². The molecule has 2 aliphatic rings. The van der Waals surface area contributed by atoms with Crippen molar-refractivity contribution >= 4 is 30.4 Å². The van der Waals surface area contributed by atoms with Crippen LogP contribution < -0.4 is 15.1 Å². The molecule has 3 atom stereocenters. The second-order valence-electron chi connectivity index (χ2n) is 12.6. The fourth-order valence-corrected chi connectivity index (χ4v) is 11.7. The van der Waals surface area contributed by atoms with Crippen LogP contribution in [0.5, 0.6) is 5.75 Å². The number of allylic oxidation sites excluding steroid dienone is 3. The normalized spacial score (nSPS) is 22.7. The Kier molecular flexibility index (Phi) is 9.11. The van der Waals surface area contributed by atoms with Gasteiger partial charge in [0.15, 0.2) is 5.78 Å². The number of benzene rings is 3. The van der Waals surface area contributed by atoms with Gasteiger partial charge in [-0.2, -0.15) is 0 Å². The molecule has 0 unspecified atom stereocenters. The molecule has 1 saturated carbocycles. The molecule has 0 spiro atoms. The van der Waals surface area contributed by atoms with Crippen LogP contribution in [-0.4, -0.2) is 47.5 Å². The van der Waals surface area contributed by atoms with Crippen molar-refractivity contribution in [3.63, 3.8) is 0 Å². The summed E-state index contributed by atoms with van der Waals surface area (Å²) in [6, 6.07) is 28.7. The van der Waals surface area contributed by atoms with E-state index in [4.69, 9.17) is 18.6 Å². The van der Waals surface area contributed by atoms with Crippen molar-refractivity contribution in [3.05, 3.63) is 115 Å². The largest absolute Gasteiger partial charge is 0.497 e. The molecule has 2 aliphatic carbocycles. The second kappa shape index (κ2) is 12.7. The first-order valence-electron chi connectivity index (χ1n) is 15.1. The number of ketones is 1. The Hall–Kier alpha value is -3.78. The highest BCUT2D eigenvalue weighted by Gasteiger charge is 2.84. The molecule has 0 N–H and O–H groups in total. The molecular formula is C37H42O6Si. The van der Waals surface area contributed by atoms with Gasteiger partial charge in [0, 0.05) is 17.9 Å². The Labute approximate surface area is 261 Å². The van der Waals surface area contributed by atoms with Crippen molar-refractivity contribution in [2.45, 2.75) is 38.8 Å². The molecule has 7 heteroatoms. The van der Waals surface area contributed by atoms with Crippen molar-refractivity contribution in [1.29, 1.82) is 0 Å². The number of carbonyl (C=O) groups is 2. The van der Waals surface area contributed by atoms with Crippen LogP contribution in [0.2, 0.25) is 5.04 Å². The minimum absolute atomic E-state index is 0.182. The number of fused-ring (bicyclic) bond motifs is 1. The van der Waals surface area contributed by atoms with Gasteiger partial charge in [-0.25, -0.2) is 0 Å². The van der Waals surface area contributed by atoms with Gasteiger partial charge in [-0.1, -0.05) is 112 Å². The lowest BCUT2D eigenvalue weighted by molar-refractivity contribution is -0.151. The molecule has 0 bridgehead atoms. The number of carbonyl (C=O) groups excluding carboxylic acids is 2. The summed E-state index contributed by atoms with van der Waals surface area (Å²) < 4.78 is 23.5. The predicted molar refractivity (Wildman–Crippen MR) is 174 cm³/mol. The van der Waals surface area contributed by atoms with Crippen molar-refractivity contribution in [2.24, 2.45) is 16.7 Å². The summed E-state index contributed by atoms with van der Waals surface area (Å²) in [5.41, 5.74) is -0.929. The van der Waals surface area contributed by atoms with Crippen molar-refractivity contribution in [2.75, 3.05) is 27.4 Å². The third kappa shape index (κ3) is 5.27. The summed E-state index contributed by atoms with van der Waals surface area (Å²) in [6.07, 6.45) is 7.83. The van der Waals surface area contributed by atoms with E-state index in [1.54, 1.807) is 13.2 Å². The first-order valence-corrected chi connectivity index (χ1v) is 17.0. The first kappa shape index (κ1) is 31.6. The molecule has 3 aromatic rings. The first-order chi connectivity index (χ1) is 21.2. The average molecular weight is 611 g/mol. The van der Waals surface area contributed by atoms with E-state index in [-0.39, 0.29) is 16.7 Å². The van der Waals surface area contributed by atoms with Crippen LogP contribution in [0.15, 0.2) is 109 Å². The molecule has 0 aliphatic heterocycles. The summed E-state index contributed by atoms with van der Waals surface area (Å²) >= 11 is 0. The zero-order valence-electron chi connectivity index (χ0n) is 26.2. The SMILES string of the molecule is COC(=O)[C@]12C(=O)C=C[C@@]1(CCO[Si](c1ccccc1)(c1ccccc1)C(C)(C)C)[C@@H]2/C=C/COCc1ccc(OC)cc1. The Morgan fingerprint density at radius 3 is 2.07 bits per heavy atom. The highest BCUT2D eigenvalue weighted by atomic mass is 28.4. The Morgan fingerprint density at radius 2 is 1.52 bits per heavy atom. The second-order valence-corrected chi connectivity index (χ2v) is 16.9. The fraction of sp³-hybridized carbons (Fsp3) is 0.351. The van der Waals surface area contributed by atoms with Crippen molar-refractivity contribution < 1.29 is 28.2 Å². The Balaban J connectivity index is 1.37. The highest BCUT2D eigenvalue weighted by Crippen LogP contribution is 2.76. The molecule has 230 valence electrons. The molecule has 6 nitrogen and oxygen atoms in total. The van der Waals surface area contributed by atoms with Gasteiger partial charge in [0.25, 0.3) is 8.32 Å². The Morgan fingerprint density at radius 1 is 0.909 bits per heavy atom. The third-order valence-corrected chi connectivity index (χ3v) is 14.4. The fourth-order valence-electron chi connectivity index (χ4n) is 7.19. The van der Waals surface area contributed by atoms with Gasteiger partial charge in [0.2, 0.25) is 0 Å². The van der Waals surface area contributed by atoms with E-state index >= 15 is 0 Å². The zero-order valence-corrected chi connectivity index (χ0v) is 27.2. The van der Waals surface area contributed by atoms with E-state index in [9.17, 15) is 9.59 Å². The van der Waals surface area contributed by atoms with E-state index in [0.717, 1.165) is 11.3 Å². The van der Waals surface area contributed by atoms with E-state index < -0.39 is 25.1 Å². The molecule has 3 aromatic carbocycles. The molecule has 0 saturated heterocycles. The number of rotatable bonds is 13. The zero-order chi connectivity index (χ0) is 31.4. The van der Waals surface area contributed by atoms with Crippen LogP contribution in [0.3, 0.4) is 0 Å².